The molecule has 0 fully saturated rings. The zero-order chi connectivity index (χ0) is 15.1. The van der Waals surface area contributed by atoms with Gasteiger partial charge in [0.1, 0.15) is 18.1 Å². The lowest BCUT2D eigenvalue weighted by atomic mass is 10.3. The van der Waals surface area contributed by atoms with Gasteiger partial charge < -0.3 is 19.2 Å². The maximum atomic E-state index is 11.7. The zero-order valence-corrected chi connectivity index (χ0v) is 13.8. The van der Waals surface area contributed by atoms with E-state index in [1.807, 2.05) is 24.3 Å². The molecule has 1 aromatic heterocycles. The molecule has 5 nitrogen and oxygen atoms in total. The fourth-order valence-electron chi connectivity index (χ4n) is 1.62. The van der Waals surface area contributed by atoms with Crippen molar-refractivity contribution in [2.24, 2.45) is 0 Å². The lowest BCUT2D eigenvalue weighted by Crippen LogP contribution is -2.26. The van der Waals surface area contributed by atoms with Crippen LogP contribution in [0.1, 0.15) is 16.3 Å². The Morgan fingerprint density at radius 3 is 2.71 bits per heavy atom. The van der Waals surface area contributed by atoms with Crippen LogP contribution in [0.3, 0.4) is 0 Å². The Morgan fingerprint density at radius 1 is 1.24 bits per heavy atom. The van der Waals surface area contributed by atoms with Gasteiger partial charge in [-0.2, -0.15) is 0 Å². The minimum Gasteiger partial charge on any atom is -0.486 e. The van der Waals surface area contributed by atoms with E-state index in [4.69, 9.17) is 13.9 Å². The molecule has 6 heteroatoms. The number of benzene rings is 1. The monoisotopic (exact) mass is 401 g/mol. The standard InChI is InChI=1S/C15H16INO4/c1-19-9-8-17-15(18)14-7-6-13(21-14)10-20-12-4-2-11(16)3-5-12/h2-7H,8-10H2,1H3,(H,17,18). The fourth-order valence-corrected chi connectivity index (χ4v) is 1.98. The Kier molecular flexibility index (Phi) is 6.06. The van der Waals surface area contributed by atoms with Gasteiger partial charge in [-0.05, 0) is 59.0 Å². The molecule has 112 valence electrons. The number of hydrogen-bond donors (Lipinski definition) is 1. The molecule has 0 spiro atoms. The van der Waals surface area contributed by atoms with Crippen LogP contribution in [0.15, 0.2) is 40.8 Å². The number of amides is 1. The summed E-state index contributed by atoms with van der Waals surface area (Å²) in [5, 5.41) is 2.69. The molecular weight excluding hydrogens is 385 g/mol. The van der Waals surface area contributed by atoms with Crippen LogP contribution >= 0.6 is 22.6 Å². The minimum atomic E-state index is -0.257. The van der Waals surface area contributed by atoms with Crippen molar-refractivity contribution in [2.75, 3.05) is 20.3 Å². The van der Waals surface area contributed by atoms with Gasteiger partial charge in [-0.1, -0.05) is 0 Å². The molecule has 0 atom stereocenters. The molecule has 0 saturated carbocycles. The summed E-state index contributed by atoms with van der Waals surface area (Å²) >= 11 is 2.23. The molecule has 1 aromatic carbocycles. The van der Waals surface area contributed by atoms with Gasteiger partial charge in [0, 0.05) is 17.2 Å². The molecule has 1 N–H and O–H groups in total. The van der Waals surface area contributed by atoms with Gasteiger partial charge in [-0.15, -0.1) is 0 Å². The van der Waals surface area contributed by atoms with E-state index in [0.717, 1.165) is 9.32 Å². The number of methoxy groups -OCH3 is 1. The van der Waals surface area contributed by atoms with Crippen molar-refractivity contribution in [3.05, 3.63) is 51.5 Å². The molecule has 0 saturated heterocycles. The normalized spacial score (nSPS) is 10.4. The SMILES string of the molecule is COCCNC(=O)c1ccc(COc2ccc(I)cc2)o1. The van der Waals surface area contributed by atoms with E-state index in [1.165, 1.54) is 0 Å². The number of nitrogens with one attached hydrogen (secondary N) is 1. The number of halogens is 1. The predicted molar refractivity (Wildman–Crippen MR) is 86.4 cm³/mol. The van der Waals surface area contributed by atoms with Crippen LogP contribution in [-0.2, 0) is 11.3 Å². The first-order valence-corrected chi connectivity index (χ1v) is 7.51. The van der Waals surface area contributed by atoms with Crippen molar-refractivity contribution < 1.29 is 18.7 Å². The van der Waals surface area contributed by atoms with Crippen molar-refractivity contribution in [1.29, 1.82) is 0 Å². The molecule has 0 aliphatic carbocycles. The quantitative estimate of drug-likeness (QED) is 0.573. The molecule has 0 bridgehead atoms. The summed E-state index contributed by atoms with van der Waals surface area (Å²) in [7, 11) is 1.58. The Labute approximate surface area is 136 Å². The molecule has 0 aliphatic rings. The van der Waals surface area contributed by atoms with Crippen molar-refractivity contribution in [2.45, 2.75) is 6.61 Å². The number of carbonyl (C=O) groups is 1. The highest BCUT2D eigenvalue weighted by atomic mass is 127. The topological polar surface area (TPSA) is 60.7 Å². The average molecular weight is 401 g/mol. The zero-order valence-electron chi connectivity index (χ0n) is 11.6. The minimum absolute atomic E-state index is 0.257. The van der Waals surface area contributed by atoms with Gasteiger partial charge in [-0.3, -0.25) is 4.79 Å². The third-order valence-corrected chi connectivity index (χ3v) is 3.39. The van der Waals surface area contributed by atoms with Crippen LogP contribution in [-0.4, -0.2) is 26.2 Å². The molecule has 21 heavy (non-hydrogen) atoms. The van der Waals surface area contributed by atoms with E-state index >= 15 is 0 Å². The summed E-state index contributed by atoms with van der Waals surface area (Å²) in [6.07, 6.45) is 0. The number of carbonyl (C=O) groups excluding carboxylic acids is 1. The van der Waals surface area contributed by atoms with Crippen molar-refractivity contribution in [1.82, 2.24) is 5.32 Å². The first kappa shape index (κ1) is 15.8. The number of rotatable bonds is 7. The smallest absolute Gasteiger partial charge is 0.287 e. The molecule has 1 heterocycles. The van der Waals surface area contributed by atoms with Gasteiger partial charge in [-0.25, -0.2) is 0 Å². The van der Waals surface area contributed by atoms with Crippen LogP contribution in [0.25, 0.3) is 0 Å². The second-order valence-corrected chi connectivity index (χ2v) is 5.50. The predicted octanol–water partition coefficient (Wildman–Crippen LogP) is 2.84. The van der Waals surface area contributed by atoms with E-state index in [0.29, 0.717) is 18.9 Å². The Hall–Kier alpha value is -1.54. The Bertz CT molecular complexity index is 580. The highest BCUT2D eigenvalue weighted by Gasteiger charge is 2.10. The van der Waals surface area contributed by atoms with Gasteiger partial charge in [0.05, 0.1) is 6.61 Å². The highest BCUT2D eigenvalue weighted by molar-refractivity contribution is 14.1. The van der Waals surface area contributed by atoms with Crippen LogP contribution in [0.5, 0.6) is 5.75 Å². The molecule has 2 aromatic rings. The van der Waals surface area contributed by atoms with E-state index in [9.17, 15) is 4.79 Å². The van der Waals surface area contributed by atoms with E-state index < -0.39 is 0 Å². The fraction of sp³-hybridized carbons (Fsp3) is 0.267. The van der Waals surface area contributed by atoms with Crippen LogP contribution < -0.4 is 10.1 Å². The Balaban J connectivity index is 1.85. The summed E-state index contributed by atoms with van der Waals surface area (Å²) in [4.78, 5) is 11.7. The lowest BCUT2D eigenvalue weighted by molar-refractivity contribution is 0.0905. The third kappa shape index (κ3) is 5.05. The summed E-state index contributed by atoms with van der Waals surface area (Å²) in [6.45, 7) is 1.20. The first-order chi connectivity index (χ1) is 10.2. The second-order valence-electron chi connectivity index (χ2n) is 4.26. The molecule has 1 amide bonds. The highest BCUT2D eigenvalue weighted by Crippen LogP contribution is 2.16. The van der Waals surface area contributed by atoms with Gasteiger partial charge in [0.2, 0.25) is 0 Å². The van der Waals surface area contributed by atoms with Crippen LogP contribution in [0.2, 0.25) is 0 Å². The second kappa shape index (κ2) is 8.04. The summed E-state index contributed by atoms with van der Waals surface area (Å²) in [5.74, 6) is 1.38. The number of furan rings is 1. The molecule has 0 unspecified atom stereocenters. The number of ether oxygens (including phenoxy) is 2. The first-order valence-electron chi connectivity index (χ1n) is 6.43. The molecule has 2 rings (SSSR count). The molecular formula is C15H16INO4. The number of hydrogen-bond acceptors (Lipinski definition) is 4. The van der Waals surface area contributed by atoms with Gasteiger partial charge in [0.25, 0.3) is 5.91 Å². The maximum Gasteiger partial charge on any atom is 0.287 e. The molecule has 0 aliphatic heterocycles. The van der Waals surface area contributed by atoms with Crippen molar-refractivity contribution in [3.8, 4) is 5.75 Å². The average Bonchev–Trinajstić information content (AvgIpc) is 2.96. The van der Waals surface area contributed by atoms with E-state index in [1.54, 1.807) is 19.2 Å². The van der Waals surface area contributed by atoms with Crippen molar-refractivity contribution in [3.63, 3.8) is 0 Å². The maximum absolute atomic E-state index is 11.7. The summed E-state index contributed by atoms with van der Waals surface area (Å²) in [5.41, 5.74) is 0. The summed E-state index contributed by atoms with van der Waals surface area (Å²) < 4.78 is 17.0. The van der Waals surface area contributed by atoms with E-state index in [2.05, 4.69) is 27.9 Å². The van der Waals surface area contributed by atoms with Gasteiger partial charge >= 0.3 is 0 Å². The lowest BCUT2D eigenvalue weighted by Gasteiger charge is -2.04. The van der Waals surface area contributed by atoms with Crippen LogP contribution in [0, 0.1) is 3.57 Å². The van der Waals surface area contributed by atoms with Crippen LogP contribution in [0.4, 0.5) is 0 Å². The van der Waals surface area contributed by atoms with Crippen molar-refractivity contribution >= 4 is 28.5 Å². The summed E-state index contributed by atoms with van der Waals surface area (Å²) in [6, 6.07) is 11.1. The van der Waals surface area contributed by atoms with E-state index in [-0.39, 0.29) is 18.3 Å². The third-order valence-electron chi connectivity index (χ3n) is 2.67. The largest absolute Gasteiger partial charge is 0.486 e. The molecule has 0 radical (unpaired) electrons. The Morgan fingerprint density at radius 2 is 2.00 bits per heavy atom. The van der Waals surface area contributed by atoms with Gasteiger partial charge in [0.15, 0.2) is 5.76 Å².